The maximum Gasteiger partial charge on any atom is 0.320 e. The molecule has 2 N–H and O–H groups in total. The number of nitrogens with one attached hydrogen (secondary N) is 2. The Morgan fingerprint density at radius 1 is 1.32 bits per heavy atom. The molecule has 1 aliphatic carbocycles. The van der Waals surface area contributed by atoms with E-state index in [1.807, 2.05) is 29.6 Å². The molecule has 1 aliphatic rings. The molecule has 0 aliphatic heterocycles. The van der Waals surface area contributed by atoms with Crippen molar-refractivity contribution in [2.45, 2.75) is 31.7 Å². The molecule has 0 heterocycles. The molecule has 0 bridgehead atoms. The number of amides is 3. The molecule has 0 aromatic heterocycles. The predicted molar refractivity (Wildman–Crippen MR) is 92.9 cm³/mol. The lowest BCUT2D eigenvalue weighted by molar-refractivity contribution is -0.108. The van der Waals surface area contributed by atoms with Gasteiger partial charge in [0.2, 0.25) is 6.41 Å². The van der Waals surface area contributed by atoms with Gasteiger partial charge in [-0.1, -0.05) is 25.5 Å². The van der Waals surface area contributed by atoms with Gasteiger partial charge in [-0.3, -0.25) is 10.1 Å². The fourth-order valence-corrected chi connectivity index (χ4v) is 3.16. The van der Waals surface area contributed by atoms with Crippen LogP contribution in [0.2, 0.25) is 0 Å². The lowest BCUT2D eigenvalue weighted by Crippen LogP contribution is -2.31. The van der Waals surface area contributed by atoms with Crippen molar-refractivity contribution in [2.75, 3.05) is 14.2 Å². The van der Waals surface area contributed by atoms with Gasteiger partial charge < -0.3 is 10.1 Å². The predicted octanol–water partition coefficient (Wildman–Crippen LogP) is 1.71. The van der Waals surface area contributed by atoms with Crippen LogP contribution < -0.4 is 15.4 Å². The zero-order valence-electron chi connectivity index (χ0n) is 14.4. The van der Waals surface area contributed by atoms with E-state index in [0.717, 1.165) is 24.2 Å². The van der Waals surface area contributed by atoms with Crippen molar-refractivity contribution >= 4 is 22.9 Å². The molecule has 3 unspecified atom stereocenters. The van der Waals surface area contributed by atoms with E-state index in [1.165, 1.54) is 7.05 Å². The normalized spacial score (nSPS) is 20.4. The van der Waals surface area contributed by atoms with Gasteiger partial charge in [0.05, 0.1) is 13.2 Å². The number of carbonyl (C=O) groups excluding carboxylic acids is 2. The van der Waals surface area contributed by atoms with Gasteiger partial charge in [0.1, 0.15) is 5.75 Å². The maximum absolute atomic E-state index is 10.7. The minimum absolute atomic E-state index is 0.0725. The van der Waals surface area contributed by atoms with Crippen LogP contribution in [0.3, 0.4) is 0 Å². The van der Waals surface area contributed by atoms with Crippen molar-refractivity contribution in [2.24, 2.45) is 10.3 Å². The summed E-state index contributed by atoms with van der Waals surface area (Å²) < 4.78 is 30.3. The summed E-state index contributed by atoms with van der Waals surface area (Å²) in [6, 6.07) is 7.24. The molecule has 3 atom stereocenters. The van der Waals surface area contributed by atoms with E-state index in [1.54, 1.807) is 7.11 Å². The Labute approximate surface area is 148 Å². The summed E-state index contributed by atoms with van der Waals surface area (Å²) in [7, 11) is 0.751. The standard InChI is InChI=1S/C13H17NO3S.C3H6N2O2/c1-3-4-11-12(13(11)14-18(15)16)9-5-7-10(17-2)8-6-9;1-4-3(7)5-2-6/h5-8,11-13H,3-4H2,1-2H3;2H,1H3,(H2,4,5,6,7). The quantitative estimate of drug-likeness (QED) is 0.741. The van der Waals surface area contributed by atoms with Crippen molar-refractivity contribution in [3.8, 4) is 5.75 Å². The van der Waals surface area contributed by atoms with Crippen LogP contribution in [-0.2, 0) is 15.3 Å². The molecule has 1 saturated carbocycles. The maximum atomic E-state index is 10.7. The summed E-state index contributed by atoms with van der Waals surface area (Å²) in [5, 5.41) is 4.05. The minimum atomic E-state index is -2.31. The van der Waals surface area contributed by atoms with Crippen LogP contribution in [0, 0.1) is 5.92 Å². The highest BCUT2D eigenvalue weighted by molar-refractivity contribution is 7.61. The van der Waals surface area contributed by atoms with E-state index >= 15 is 0 Å². The molecule has 1 aromatic rings. The van der Waals surface area contributed by atoms with Crippen LogP contribution in [0.1, 0.15) is 31.2 Å². The molecule has 3 amide bonds. The van der Waals surface area contributed by atoms with E-state index in [2.05, 4.69) is 16.6 Å². The van der Waals surface area contributed by atoms with Gasteiger partial charge in [0.15, 0.2) is 0 Å². The minimum Gasteiger partial charge on any atom is -0.497 e. The van der Waals surface area contributed by atoms with Crippen molar-refractivity contribution < 1.29 is 22.7 Å². The van der Waals surface area contributed by atoms with Gasteiger partial charge in [0, 0.05) is 13.0 Å². The fourth-order valence-electron chi connectivity index (χ4n) is 2.68. The summed E-state index contributed by atoms with van der Waals surface area (Å²) in [5.74, 6) is 1.42. The van der Waals surface area contributed by atoms with Gasteiger partial charge in [-0.25, -0.2) is 4.79 Å². The summed E-state index contributed by atoms with van der Waals surface area (Å²) in [6.45, 7) is 2.11. The third kappa shape index (κ3) is 6.54. The van der Waals surface area contributed by atoms with Gasteiger partial charge in [-0.05, 0) is 30.0 Å². The molecule has 138 valence electrons. The monoisotopic (exact) mass is 369 g/mol. The Balaban J connectivity index is 0.000000381. The lowest BCUT2D eigenvalue weighted by atomic mass is 10.1. The van der Waals surface area contributed by atoms with E-state index < -0.39 is 16.5 Å². The highest BCUT2D eigenvalue weighted by Crippen LogP contribution is 2.52. The van der Waals surface area contributed by atoms with E-state index in [9.17, 15) is 18.0 Å². The van der Waals surface area contributed by atoms with Crippen LogP contribution >= 0.6 is 0 Å². The molecule has 0 saturated heterocycles. The Bertz CT molecular complexity index is 695. The Hall–Kier alpha value is -2.42. The molecule has 8 nitrogen and oxygen atoms in total. The number of benzene rings is 1. The number of methoxy groups -OCH3 is 1. The van der Waals surface area contributed by atoms with Crippen LogP contribution in [0.25, 0.3) is 0 Å². The second kappa shape index (κ2) is 10.4. The van der Waals surface area contributed by atoms with Crippen molar-refractivity contribution in [3.05, 3.63) is 29.8 Å². The lowest BCUT2D eigenvalue weighted by Gasteiger charge is -2.02. The first kappa shape index (κ1) is 20.6. The zero-order valence-corrected chi connectivity index (χ0v) is 15.2. The van der Waals surface area contributed by atoms with Gasteiger partial charge >= 0.3 is 16.5 Å². The van der Waals surface area contributed by atoms with Gasteiger partial charge in [-0.2, -0.15) is 12.8 Å². The number of carbonyl (C=O) groups is 2. The highest BCUT2D eigenvalue weighted by Gasteiger charge is 2.50. The molecular formula is C16H23N3O5S. The summed E-state index contributed by atoms with van der Waals surface area (Å²) >= 11 is 0. The SMILES string of the molecule is CCCC1C(N=S(=O)=O)C1c1ccc(OC)cc1.CNC(=O)NC=O. The Kier molecular flexibility index (Phi) is 8.62. The average Bonchev–Trinajstić information content (AvgIpc) is 3.27. The number of urea groups is 1. The molecular weight excluding hydrogens is 346 g/mol. The number of nitrogens with zero attached hydrogens (tertiary/aromatic N) is 1. The first-order valence-corrected chi connectivity index (χ1v) is 8.87. The molecule has 1 aromatic carbocycles. The average molecular weight is 369 g/mol. The summed E-state index contributed by atoms with van der Waals surface area (Å²) in [4.78, 5) is 19.4. The van der Waals surface area contributed by atoms with Gasteiger partial charge in [0.25, 0.3) is 0 Å². The smallest absolute Gasteiger partial charge is 0.320 e. The van der Waals surface area contributed by atoms with Gasteiger partial charge in [-0.15, -0.1) is 0 Å². The first-order chi connectivity index (χ1) is 12.0. The summed E-state index contributed by atoms with van der Waals surface area (Å²) in [5.41, 5.74) is 1.15. The second-order valence-corrected chi connectivity index (χ2v) is 6.05. The number of rotatable bonds is 6. The number of hydrogen-bond donors (Lipinski definition) is 2. The number of hydrogen-bond acceptors (Lipinski definition) is 6. The van der Waals surface area contributed by atoms with Crippen molar-refractivity contribution in [3.63, 3.8) is 0 Å². The highest BCUT2D eigenvalue weighted by atomic mass is 32.2. The van der Waals surface area contributed by atoms with Crippen LogP contribution in [0.15, 0.2) is 28.6 Å². The third-order valence-corrected chi connectivity index (χ3v) is 4.29. The van der Waals surface area contributed by atoms with Crippen molar-refractivity contribution in [1.82, 2.24) is 10.6 Å². The molecule has 1 fully saturated rings. The number of imide groups is 1. The largest absolute Gasteiger partial charge is 0.497 e. The van der Waals surface area contributed by atoms with Crippen LogP contribution in [0.5, 0.6) is 5.75 Å². The first-order valence-electron chi connectivity index (χ1n) is 7.84. The summed E-state index contributed by atoms with van der Waals surface area (Å²) in [6.07, 6.45) is 2.38. The van der Waals surface area contributed by atoms with Crippen LogP contribution in [-0.4, -0.2) is 41.1 Å². The van der Waals surface area contributed by atoms with E-state index in [-0.39, 0.29) is 12.0 Å². The van der Waals surface area contributed by atoms with E-state index in [0.29, 0.717) is 12.3 Å². The molecule has 25 heavy (non-hydrogen) atoms. The second-order valence-electron chi connectivity index (χ2n) is 5.41. The molecule has 0 spiro atoms. The Morgan fingerprint density at radius 2 is 1.96 bits per heavy atom. The zero-order chi connectivity index (χ0) is 18.8. The molecule has 2 rings (SSSR count). The molecule has 9 heteroatoms. The fraction of sp³-hybridized carbons (Fsp3) is 0.500. The topological polar surface area (TPSA) is 114 Å². The van der Waals surface area contributed by atoms with E-state index in [4.69, 9.17) is 4.74 Å². The third-order valence-electron chi connectivity index (χ3n) is 3.87. The number of ether oxygens (including phenoxy) is 1. The van der Waals surface area contributed by atoms with Crippen LogP contribution in [0.4, 0.5) is 4.79 Å². The Morgan fingerprint density at radius 3 is 2.36 bits per heavy atom. The molecule has 0 radical (unpaired) electrons. The van der Waals surface area contributed by atoms with Crippen molar-refractivity contribution in [1.29, 1.82) is 0 Å².